The van der Waals surface area contributed by atoms with E-state index in [9.17, 15) is 9.59 Å². The first-order chi connectivity index (χ1) is 9.13. The lowest BCUT2D eigenvalue weighted by molar-refractivity contribution is -0.188. The fraction of sp³-hybridized carbons (Fsp3) is 0.846. The van der Waals surface area contributed by atoms with Crippen LogP contribution in [-0.2, 0) is 19.1 Å². The fourth-order valence-electron chi connectivity index (χ4n) is 1.36. The number of unbranched alkanes of at least 4 members (excludes halogenated alkanes) is 2. The van der Waals surface area contributed by atoms with E-state index in [-0.39, 0.29) is 11.9 Å². The Hall–Kier alpha value is -0.360. The van der Waals surface area contributed by atoms with Crippen molar-refractivity contribution in [3.63, 3.8) is 0 Å². The van der Waals surface area contributed by atoms with Gasteiger partial charge in [-0.05, 0) is 37.2 Å². The molecule has 0 aromatic rings. The molecule has 0 aromatic heterocycles. The van der Waals surface area contributed by atoms with Gasteiger partial charge in [0.1, 0.15) is 0 Å². The van der Waals surface area contributed by atoms with Crippen molar-refractivity contribution in [2.45, 2.75) is 58.2 Å². The average Bonchev–Trinajstić information content (AvgIpc) is 2.38. The second kappa shape index (κ2) is 12.7. The Bertz CT molecular complexity index is 235. The third kappa shape index (κ3) is 11.2. The summed E-state index contributed by atoms with van der Waals surface area (Å²) in [7, 11) is 0. The minimum atomic E-state index is -0.757. The molecule has 0 aliphatic carbocycles. The Balaban J connectivity index is 3.86. The van der Waals surface area contributed by atoms with Crippen LogP contribution in [0, 0.1) is 0 Å². The van der Waals surface area contributed by atoms with Crippen molar-refractivity contribution in [1.29, 1.82) is 0 Å². The molecule has 0 aromatic carbocycles. The lowest BCUT2D eigenvalue weighted by Gasteiger charge is -2.16. The zero-order valence-corrected chi connectivity index (χ0v) is 13.3. The first-order valence-electron chi connectivity index (χ1n) is 6.74. The van der Waals surface area contributed by atoms with Crippen molar-refractivity contribution in [2.24, 2.45) is 0 Å². The topological polar surface area (TPSA) is 52.6 Å². The van der Waals surface area contributed by atoms with Gasteiger partial charge in [-0.2, -0.15) is 25.3 Å². The van der Waals surface area contributed by atoms with E-state index < -0.39 is 6.29 Å². The molecule has 0 radical (unpaired) electrons. The van der Waals surface area contributed by atoms with Crippen LogP contribution < -0.4 is 0 Å². The van der Waals surface area contributed by atoms with Crippen LogP contribution in [0.4, 0.5) is 0 Å². The summed E-state index contributed by atoms with van der Waals surface area (Å²) in [4.78, 5) is 23.0. The Morgan fingerprint density at radius 3 is 1.63 bits per heavy atom. The largest absolute Gasteiger partial charge is 0.425 e. The van der Waals surface area contributed by atoms with Gasteiger partial charge in [0.15, 0.2) is 0 Å². The summed E-state index contributed by atoms with van der Waals surface area (Å²) in [5.74, 6) is 0.864. The molecule has 0 rings (SSSR count). The average molecular weight is 308 g/mol. The van der Waals surface area contributed by atoms with Gasteiger partial charge in [-0.3, -0.25) is 9.59 Å². The van der Waals surface area contributed by atoms with Crippen LogP contribution in [0.3, 0.4) is 0 Å². The molecule has 112 valence electrons. The third-order valence-electron chi connectivity index (χ3n) is 2.44. The van der Waals surface area contributed by atoms with Gasteiger partial charge < -0.3 is 9.47 Å². The number of rotatable bonds is 11. The summed E-state index contributed by atoms with van der Waals surface area (Å²) in [5.41, 5.74) is 0. The molecule has 0 saturated heterocycles. The van der Waals surface area contributed by atoms with E-state index in [4.69, 9.17) is 9.47 Å². The number of thiol groups is 2. The molecule has 0 N–H and O–H groups in total. The minimum absolute atomic E-state index is 0.322. The molecule has 0 spiro atoms. The summed E-state index contributed by atoms with van der Waals surface area (Å²) in [6.45, 7) is 1.81. The van der Waals surface area contributed by atoms with Crippen molar-refractivity contribution < 1.29 is 19.1 Å². The molecule has 6 heteroatoms. The number of carbonyl (C=O) groups is 2. The smallest absolute Gasteiger partial charge is 0.308 e. The number of carbonyl (C=O) groups excluding carboxylic acids is 2. The number of hydrogen-bond donors (Lipinski definition) is 2. The SMILES string of the molecule is CCC(OC(=O)CCCCS)OC(=O)CCCCS. The molecule has 0 aliphatic heterocycles. The molecule has 0 bridgehead atoms. The van der Waals surface area contributed by atoms with Gasteiger partial charge in [-0.1, -0.05) is 6.92 Å². The predicted molar refractivity (Wildman–Crippen MR) is 81.7 cm³/mol. The lowest BCUT2D eigenvalue weighted by Crippen LogP contribution is -2.24. The highest BCUT2D eigenvalue weighted by Crippen LogP contribution is 2.08. The van der Waals surface area contributed by atoms with Crippen LogP contribution >= 0.6 is 25.3 Å². The molecular weight excluding hydrogens is 284 g/mol. The van der Waals surface area contributed by atoms with E-state index in [0.717, 1.165) is 37.2 Å². The quantitative estimate of drug-likeness (QED) is 0.267. The van der Waals surface area contributed by atoms with Crippen LogP contribution in [-0.4, -0.2) is 29.7 Å². The Morgan fingerprint density at radius 1 is 0.895 bits per heavy atom. The highest BCUT2D eigenvalue weighted by Gasteiger charge is 2.16. The van der Waals surface area contributed by atoms with E-state index >= 15 is 0 Å². The van der Waals surface area contributed by atoms with Gasteiger partial charge in [0.2, 0.25) is 6.29 Å². The molecule has 0 atom stereocenters. The summed E-state index contributed by atoms with van der Waals surface area (Å²) >= 11 is 8.14. The van der Waals surface area contributed by atoms with E-state index in [2.05, 4.69) is 25.3 Å². The molecule has 19 heavy (non-hydrogen) atoms. The minimum Gasteiger partial charge on any atom is -0.425 e. The molecular formula is C13H24O4S2. The second-order valence-corrected chi connectivity index (χ2v) is 5.07. The fourth-order valence-corrected chi connectivity index (χ4v) is 1.81. The number of esters is 2. The molecule has 0 saturated carbocycles. The van der Waals surface area contributed by atoms with Gasteiger partial charge in [-0.25, -0.2) is 0 Å². The van der Waals surface area contributed by atoms with Crippen molar-refractivity contribution in [2.75, 3.05) is 11.5 Å². The highest BCUT2D eigenvalue weighted by atomic mass is 32.1. The first kappa shape index (κ1) is 18.6. The Kier molecular flexibility index (Phi) is 12.4. The van der Waals surface area contributed by atoms with Crippen molar-refractivity contribution in [3.8, 4) is 0 Å². The van der Waals surface area contributed by atoms with Crippen LogP contribution in [0.5, 0.6) is 0 Å². The Labute approximate surface area is 126 Å². The number of hydrogen-bond acceptors (Lipinski definition) is 6. The summed E-state index contributed by atoms with van der Waals surface area (Å²) in [5, 5.41) is 0. The monoisotopic (exact) mass is 308 g/mol. The molecule has 4 nitrogen and oxygen atoms in total. The maximum absolute atomic E-state index is 11.5. The highest BCUT2D eigenvalue weighted by molar-refractivity contribution is 7.80. The molecule has 0 aliphatic rings. The summed E-state index contributed by atoms with van der Waals surface area (Å²) in [6, 6.07) is 0. The normalized spacial score (nSPS) is 10.5. The number of ether oxygens (including phenoxy) is 2. The zero-order valence-electron chi connectivity index (χ0n) is 11.5. The van der Waals surface area contributed by atoms with Gasteiger partial charge in [0.25, 0.3) is 0 Å². The van der Waals surface area contributed by atoms with Gasteiger partial charge >= 0.3 is 11.9 Å². The third-order valence-corrected chi connectivity index (χ3v) is 3.07. The van der Waals surface area contributed by atoms with Crippen molar-refractivity contribution >= 4 is 37.2 Å². The van der Waals surface area contributed by atoms with Crippen LogP contribution in [0.25, 0.3) is 0 Å². The van der Waals surface area contributed by atoms with Crippen LogP contribution in [0.1, 0.15) is 51.9 Å². The first-order valence-corrected chi connectivity index (χ1v) is 8.01. The molecule has 0 heterocycles. The molecule has 0 amide bonds. The standard InChI is InChI=1S/C13H24O4S2/c1-2-13(16-11(14)7-3-5-9-18)17-12(15)8-4-6-10-19/h13,18-19H,2-10H2,1H3. The van der Waals surface area contributed by atoms with E-state index in [1.54, 1.807) is 0 Å². The summed E-state index contributed by atoms with van der Waals surface area (Å²) in [6.07, 6.45) is 3.63. The van der Waals surface area contributed by atoms with Crippen molar-refractivity contribution in [3.05, 3.63) is 0 Å². The van der Waals surface area contributed by atoms with E-state index in [1.165, 1.54) is 0 Å². The molecule has 0 fully saturated rings. The van der Waals surface area contributed by atoms with Crippen molar-refractivity contribution in [1.82, 2.24) is 0 Å². The zero-order chi connectivity index (χ0) is 14.5. The van der Waals surface area contributed by atoms with Gasteiger partial charge in [0, 0.05) is 19.3 Å². The Morgan fingerprint density at radius 2 is 1.32 bits per heavy atom. The van der Waals surface area contributed by atoms with Gasteiger partial charge in [0.05, 0.1) is 0 Å². The van der Waals surface area contributed by atoms with E-state index in [0.29, 0.717) is 19.3 Å². The predicted octanol–water partition coefficient (Wildman–Crippen LogP) is 3.01. The van der Waals surface area contributed by atoms with Gasteiger partial charge in [-0.15, -0.1) is 0 Å². The summed E-state index contributed by atoms with van der Waals surface area (Å²) < 4.78 is 10.2. The second-order valence-electron chi connectivity index (χ2n) is 4.18. The maximum atomic E-state index is 11.5. The van der Waals surface area contributed by atoms with Crippen LogP contribution in [0.15, 0.2) is 0 Å². The maximum Gasteiger partial charge on any atom is 0.308 e. The molecule has 0 unspecified atom stereocenters. The van der Waals surface area contributed by atoms with Crippen LogP contribution in [0.2, 0.25) is 0 Å². The lowest BCUT2D eigenvalue weighted by atomic mass is 10.2. The van der Waals surface area contributed by atoms with E-state index in [1.807, 2.05) is 6.92 Å².